The lowest BCUT2D eigenvalue weighted by atomic mass is 10.2. The molecule has 0 bridgehead atoms. The lowest BCUT2D eigenvalue weighted by molar-refractivity contribution is 0.332. The molecule has 0 amide bonds. The highest BCUT2D eigenvalue weighted by molar-refractivity contribution is 5.35. The standard InChI is InChI=1S/C14H11N5O/c15-7-11-1-3-13(4-2-11)20-6-5-17-14-10-18-12(8-16)9-19-14/h1-4,9-10H,5-6H2,(H,17,19). The molecule has 0 radical (unpaired) electrons. The van der Waals surface area contributed by atoms with Gasteiger partial charge in [-0.1, -0.05) is 0 Å². The number of hydrogen-bond acceptors (Lipinski definition) is 6. The van der Waals surface area contributed by atoms with Crippen molar-refractivity contribution in [1.82, 2.24) is 9.97 Å². The number of nitrogens with zero attached hydrogens (tertiary/aromatic N) is 4. The average Bonchev–Trinajstić information content (AvgIpc) is 2.53. The summed E-state index contributed by atoms with van der Waals surface area (Å²) in [6.45, 7) is 1.01. The topological polar surface area (TPSA) is 94.6 Å². The highest BCUT2D eigenvalue weighted by atomic mass is 16.5. The van der Waals surface area contributed by atoms with Gasteiger partial charge in [0.1, 0.15) is 24.2 Å². The van der Waals surface area contributed by atoms with Crippen LogP contribution in [0, 0.1) is 22.7 Å². The fourth-order valence-electron chi connectivity index (χ4n) is 1.45. The van der Waals surface area contributed by atoms with Gasteiger partial charge >= 0.3 is 0 Å². The summed E-state index contributed by atoms with van der Waals surface area (Å²) in [5, 5.41) is 20.3. The van der Waals surface area contributed by atoms with E-state index in [1.54, 1.807) is 24.3 Å². The molecule has 1 heterocycles. The Bertz CT molecular complexity index is 578. The third-order valence-electron chi connectivity index (χ3n) is 2.43. The Kier molecular flexibility index (Phi) is 4.47. The van der Waals surface area contributed by atoms with Gasteiger partial charge in [0.05, 0.1) is 30.6 Å². The van der Waals surface area contributed by atoms with Crippen LogP contribution in [0.15, 0.2) is 36.7 Å². The van der Waals surface area contributed by atoms with Crippen LogP contribution in [-0.2, 0) is 0 Å². The Labute approximate surface area is 116 Å². The van der Waals surface area contributed by atoms with E-state index in [0.29, 0.717) is 30.3 Å². The maximum atomic E-state index is 8.67. The number of hydrogen-bond donors (Lipinski definition) is 1. The molecule has 0 saturated heterocycles. The largest absolute Gasteiger partial charge is 0.492 e. The number of rotatable bonds is 5. The van der Waals surface area contributed by atoms with E-state index in [1.807, 2.05) is 12.1 Å². The number of aromatic nitrogens is 2. The van der Waals surface area contributed by atoms with Crippen LogP contribution in [0.25, 0.3) is 0 Å². The van der Waals surface area contributed by atoms with Crippen molar-refractivity contribution in [2.75, 3.05) is 18.5 Å². The van der Waals surface area contributed by atoms with Gasteiger partial charge in [-0.2, -0.15) is 10.5 Å². The zero-order chi connectivity index (χ0) is 14.2. The number of benzene rings is 1. The Morgan fingerprint density at radius 1 is 1.05 bits per heavy atom. The van der Waals surface area contributed by atoms with E-state index in [9.17, 15) is 0 Å². The number of anilines is 1. The molecule has 1 aromatic carbocycles. The van der Waals surface area contributed by atoms with E-state index < -0.39 is 0 Å². The van der Waals surface area contributed by atoms with Crippen molar-refractivity contribution in [3.63, 3.8) is 0 Å². The summed E-state index contributed by atoms with van der Waals surface area (Å²) in [5.74, 6) is 1.30. The van der Waals surface area contributed by atoms with E-state index in [1.165, 1.54) is 12.4 Å². The van der Waals surface area contributed by atoms with Gasteiger partial charge in [0.25, 0.3) is 0 Å². The van der Waals surface area contributed by atoms with Crippen LogP contribution in [0.3, 0.4) is 0 Å². The molecule has 0 fully saturated rings. The minimum Gasteiger partial charge on any atom is -0.492 e. The van der Waals surface area contributed by atoms with E-state index in [0.717, 1.165) is 0 Å². The fraction of sp³-hybridized carbons (Fsp3) is 0.143. The van der Waals surface area contributed by atoms with Crippen molar-refractivity contribution < 1.29 is 4.74 Å². The van der Waals surface area contributed by atoms with Gasteiger partial charge in [0.15, 0.2) is 5.69 Å². The molecule has 0 saturated carbocycles. The van der Waals surface area contributed by atoms with Crippen molar-refractivity contribution in [3.8, 4) is 17.9 Å². The number of nitriles is 2. The third kappa shape index (κ3) is 3.69. The molecule has 0 aliphatic heterocycles. The van der Waals surface area contributed by atoms with Crippen molar-refractivity contribution in [1.29, 1.82) is 10.5 Å². The third-order valence-corrected chi connectivity index (χ3v) is 2.43. The summed E-state index contributed by atoms with van der Waals surface area (Å²) in [6, 6.07) is 10.9. The highest BCUT2D eigenvalue weighted by Crippen LogP contribution is 2.11. The fourth-order valence-corrected chi connectivity index (χ4v) is 1.45. The van der Waals surface area contributed by atoms with Crippen molar-refractivity contribution in [2.24, 2.45) is 0 Å². The van der Waals surface area contributed by atoms with Crippen molar-refractivity contribution in [3.05, 3.63) is 47.9 Å². The second-order valence-corrected chi connectivity index (χ2v) is 3.81. The van der Waals surface area contributed by atoms with Crippen LogP contribution in [0.5, 0.6) is 5.75 Å². The minimum absolute atomic E-state index is 0.282. The summed E-state index contributed by atoms with van der Waals surface area (Å²) in [6.07, 6.45) is 2.91. The molecule has 2 aromatic rings. The SMILES string of the molecule is N#Cc1ccc(OCCNc2cnc(C#N)cn2)cc1. The predicted octanol–water partition coefficient (Wildman–Crippen LogP) is 1.71. The van der Waals surface area contributed by atoms with Gasteiger partial charge < -0.3 is 10.1 Å². The first-order valence-corrected chi connectivity index (χ1v) is 5.91. The zero-order valence-corrected chi connectivity index (χ0v) is 10.6. The lowest BCUT2D eigenvalue weighted by Crippen LogP contribution is -2.12. The summed E-state index contributed by atoms with van der Waals surface area (Å²) in [5.41, 5.74) is 0.882. The number of nitrogens with one attached hydrogen (secondary N) is 1. The molecule has 2 rings (SSSR count). The maximum Gasteiger partial charge on any atom is 0.158 e. The Hall–Kier alpha value is -3.12. The van der Waals surface area contributed by atoms with Crippen LogP contribution >= 0.6 is 0 Å². The zero-order valence-electron chi connectivity index (χ0n) is 10.6. The molecule has 6 heteroatoms. The molecular weight excluding hydrogens is 254 g/mol. The quantitative estimate of drug-likeness (QED) is 0.827. The Balaban J connectivity index is 1.75. The molecule has 6 nitrogen and oxygen atoms in total. The summed E-state index contributed by atoms with van der Waals surface area (Å²) in [4.78, 5) is 7.92. The van der Waals surface area contributed by atoms with Gasteiger partial charge in [0, 0.05) is 0 Å². The predicted molar refractivity (Wildman–Crippen MR) is 71.9 cm³/mol. The van der Waals surface area contributed by atoms with Gasteiger partial charge in [-0.3, -0.25) is 0 Å². The van der Waals surface area contributed by atoms with E-state index in [2.05, 4.69) is 15.3 Å². The lowest BCUT2D eigenvalue weighted by Gasteiger charge is -2.07. The minimum atomic E-state index is 0.282. The molecule has 1 aromatic heterocycles. The van der Waals surface area contributed by atoms with Crippen LogP contribution in [0.2, 0.25) is 0 Å². The van der Waals surface area contributed by atoms with E-state index in [-0.39, 0.29) is 5.69 Å². The molecule has 98 valence electrons. The Morgan fingerprint density at radius 2 is 1.85 bits per heavy atom. The van der Waals surface area contributed by atoms with Gasteiger partial charge in [-0.05, 0) is 24.3 Å². The van der Waals surface area contributed by atoms with Crippen molar-refractivity contribution in [2.45, 2.75) is 0 Å². The normalized spacial score (nSPS) is 9.30. The van der Waals surface area contributed by atoms with Crippen LogP contribution < -0.4 is 10.1 Å². The maximum absolute atomic E-state index is 8.67. The molecule has 0 aliphatic rings. The molecule has 0 spiro atoms. The van der Waals surface area contributed by atoms with E-state index in [4.69, 9.17) is 15.3 Å². The second-order valence-electron chi connectivity index (χ2n) is 3.81. The first kappa shape index (κ1) is 13.3. The Morgan fingerprint density at radius 3 is 2.45 bits per heavy atom. The van der Waals surface area contributed by atoms with Gasteiger partial charge in [0.2, 0.25) is 0 Å². The van der Waals surface area contributed by atoms with Gasteiger partial charge in [-0.15, -0.1) is 0 Å². The monoisotopic (exact) mass is 265 g/mol. The average molecular weight is 265 g/mol. The smallest absolute Gasteiger partial charge is 0.158 e. The highest BCUT2D eigenvalue weighted by Gasteiger charge is 1.97. The number of ether oxygens (including phenoxy) is 1. The van der Waals surface area contributed by atoms with Gasteiger partial charge in [-0.25, -0.2) is 9.97 Å². The molecule has 0 unspecified atom stereocenters. The van der Waals surface area contributed by atoms with Crippen molar-refractivity contribution >= 4 is 5.82 Å². The van der Waals surface area contributed by atoms with Crippen LogP contribution in [-0.4, -0.2) is 23.1 Å². The first-order chi connectivity index (χ1) is 9.81. The molecular formula is C14H11N5O. The van der Waals surface area contributed by atoms with Crippen LogP contribution in [0.4, 0.5) is 5.82 Å². The van der Waals surface area contributed by atoms with Crippen LogP contribution in [0.1, 0.15) is 11.3 Å². The molecule has 0 aliphatic carbocycles. The summed E-state index contributed by atoms with van der Waals surface area (Å²) >= 11 is 0. The molecule has 1 N–H and O–H groups in total. The van der Waals surface area contributed by atoms with E-state index >= 15 is 0 Å². The second kappa shape index (κ2) is 6.72. The molecule has 20 heavy (non-hydrogen) atoms. The first-order valence-electron chi connectivity index (χ1n) is 5.91. The summed E-state index contributed by atoms with van der Waals surface area (Å²) in [7, 11) is 0. The summed E-state index contributed by atoms with van der Waals surface area (Å²) < 4.78 is 5.50. The molecule has 0 atom stereocenters.